The molecule has 0 radical (unpaired) electrons. The highest BCUT2D eigenvalue weighted by atomic mass is 35.5. The molecule has 2 saturated heterocycles. The molecule has 0 unspecified atom stereocenters. The number of nitrogens with one attached hydrogen (secondary N) is 1. The van der Waals surface area contributed by atoms with E-state index in [1.165, 1.54) is 0 Å². The van der Waals surface area contributed by atoms with Gasteiger partial charge in [-0.05, 0) is 54.7 Å². The number of halogens is 2. The number of pyridine rings is 1. The Balaban J connectivity index is 1.45. The molecule has 0 saturated carbocycles. The third-order valence-corrected chi connectivity index (χ3v) is 6.97. The first-order chi connectivity index (χ1) is 16.1. The summed E-state index contributed by atoms with van der Waals surface area (Å²) in [6.07, 6.45) is 1.80. The van der Waals surface area contributed by atoms with Gasteiger partial charge in [-0.2, -0.15) is 0 Å². The van der Waals surface area contributed by atoms with Crippen molar-refractivity contribution >= 4 is 40.5 Å². The van der Waals surface area contributed by atoms with Gasteiger partial charge >= 0.3 is 0 Å². The fraction of sp³-hybridized carbons (Fsp3) is 0.333. The minimum atomic E-state index is -0.131. The van der Waals surface area contributed by atoms with Crippen LogP contribution in [0.3, 0.4) is 0 Å². The zero-order valence-corrected chi connectivity index (χ0v) is 20.2. The second kappa shape index (κ2) is 9.99. The Kier molecular flexibility index (Phi) is 6.85. The largest absolute Gasteiger partial charge is 0.459 e. The Labute approximate surface area is 208 Å². The van der Waals surface area contributed by atoms with Crippen LogP contribution in [0.25, 0.3) is 11.3 Å². The summed E-state index contributed by atoms with van der Waals surface area (Å²) in [5, 5.41) is 5.31. The number of benzene rings is 1. The van der Waals surface area contributed by atoms with Crippen LogP contribution in [0.2, 0.25) is 10.0 Å². The van der Waals surface area contributed by atoms with Crippen molar-refractivity contribution in [1.82, 2.24) is 20.1 Å². The van der Waals surface area contributed by atoms with Gasteiger partial charge in [0.05, 0.1) is 30.0 Å². The average molecular weight is 503 g/mol. The van der Waals surface area contributed by atoms with Crippen molar-refractivity contribution in [3.8, 4) is 11.3 Å². The summed E-state index contributed by atoms with van der Waals surface area (Å²) in [5.41, 5.74) is 1.72. The SMILES string of the molecule is S=C1N[C@@H](c2ccccn2)[C@@H](c2ccc(-c3ccc(Cl)cc3Cl)o2)N1CCN1CCOCC1. The first-order valence-corrected chi connectivity index (χ1v) is 12.1. The predicted molar refractivity (Wildman–Crippen MR) is 134 cm³/mol. The summed E-state index contributed by atoms with van der Waals surface area (Å²) in [5.74, 6) is 1.50. The lowest BCUT2D eigenvalue weighted by atomic mass is 10.0. The summed E-state index contributed by atoms with van der Waals surface area (Å²) in [4.78, 5) is 9.20. The Morgan fingerprint density at radius 3 is 2.67 bits per heavy atom. The van der Waals surface area contributed by atoms with E-state index in [9.17, 15) is 0 Å². The van der Waals surface area contributed by atoms with E-state index in [0.717, 1.165) is 56.4 Å². The standard InChI is InChI=1S/C24H24Cl2N4O2S/c25-16-4-5-17(18(26)15-16)20-6-7-21(32-20)23-22(19-3-1-2-8-27-19)28-24(33)30(23)10-9-29-11-13-31-14-12-29/h1-8,15,22-23H,9-14H2,(H,28,33)/t22-,23+/m0/s1. The zero-order chi connectivity index (χ0) is 22.8. The molecule has 4 heterocycles. The first kappa shape index (κ1) is 22.6. The molecule has 0 aliphatic carbocycles. The lowest BCUT2D eigenvalue weighted by Crippen LogP contribution is -2.42. The molecule has 172 valence electrons. The Morgan fingerprint density at radius 1 is 1.06 bits per heavy atom. The molecule has 3 aromatic rings. The molecule has 0 bridgehead atoms. The van der Waals surface area contributed by atoms with Crippen LogP contribution < -0.4 is 5.32 Å². The fourth-order valence-electron chi connectivity index (χ4n) is 4.38. The summed E-state index contributed by atoms with van der Waals surface area (Å²) in [6, 6.07) is 15.0. The molecule has 5 rings (SSSR count). The minimum Gasteiger partial charge on any atom is -0.459 e. The number of nitrogens with zero attached hydrogens (tertiary/aromatic N) is 3. The zero-order valence-electron chi connectivity index (χ0n) is 17.9. The van der Waals surface area contributed by atoms with Crippen molar-refractivity contribution in [2.45, 2.75) is 12.1 Å². The van der Waals surface area contributed by atoms with E-state index in [2.05, 4.69) is 20.1 Å². The Hall–Kier alpha value is -2.16. The molecule has 9 heteroatoms. The summed E-state index contributed by atoms with van der Waals surface area (Å²) < 4.78 is 11.9. The van der Waals surface area contributed by atoms with Gasteiger partial charge in [0, 0.05) is 43.0 Å². The molecular formula is C24H24Cl2N4O2S. The van der Waals surface area contributed by atoms with Crippen molar-refractivity contribution in [3.63, 3.8) is 0 Å². The number of morpholine rings is 1. The number of thiocarbonyl (C=S) groups is 1. The highest BCUT2D eigenvalue weighted by Crippen LogP contribution is 2.41. The molecule has 1 N–H and O–H groups in total. The van der Waals surface area contributed by atoms with E-state index in [1.54, 1.807) is 12.3 Å². The van der Waals surface area contributed by atoms with Gasteiger partial charge in [0.1, 0.15) is 17.6 Å². The molecule has 1 aromatic carbocycles. The third-order valence-electron chi connectivity index (χ3n) is 6.07. The van der Waals surface area contributed by atoms with Gasteiger partial charge in [-0.1, -0.05) is 29.3 Å². The molecule has 6 nitrogen and oxygen atoms in total. The fourth-order valence-corrected chi connectivity index (χ4v) is 5.21. The highest BCUT2D eigenvalue weighted by molar-refractivity contribution is 7.80. The maximum atomic E-state index is 6.43. The summed E-state index contributed by atoms with van der Waals surface area (Å²) in [6.45, 7) is 5.08. The normalized spacial score (nSPS) is 21.4. The molecule has 0 spiro atoms. The van der Waals surface area contributed by atoms with Gasteiger partial charge in [-0.15, -0.1) is 0 Å². The second-order valence-electron chi connectivity index (χ2n) is 8.10. The molecule has 2 aliphatic heterocycles. The first-order valence-electron chi connectivity index (χ1n) is 10.9. The molecule has 2 atom stereocenters. The van der Waals surface area contributed by atoms with Gasteiger partial charge in [0.2, 0.25) is 0 Å². The van der Waals surface area contributed by atoms with Crippen molar-refractivity contribution in [2.24, 2.45) is 0 Å². The molecule has 0 amide bonds. The predicted octanol–water partition coefficient (Wildman–Crippen LogP) is 4.95. The summed E-state index contributed by atoms with van der Waals surface area (Å²) in [7, 11) is 0. The van der Waals surface area contributed by atoms with Crippen molar-refractivity contribution in [1.29, 1.82) is 0 Å². The maximum Gasteiger partial charge on any atom is 0.170 e. The number of hydrogen-bond acceptors (Lipinski definition) is 5. The number of aromatic nitrogens is 1. The van der Waals surface area contributed by atoms with Crippen LogP contribution in [0.4, 0.5) is 0 Å². The smallest absolute Gasteiger partial charge is 0.170 e. The van der Waals surface area contributed by atoms with E-state index >= 15 is 0 Å². The van der Waals surface area contributed by atoms with Crippen LogP contribution in [0.5, 0.6) is 0 Å². The van der Waals surface area contributed by atoms with Gasteiger partial charge in [-0.25, -0.2) is 0 Å². The van der Waals surface area contributed by atoms with Crippen molar-refractivity contribution in [3.05, 3.63) is 76.2 Å². The van der Waals surface area contributed by atoms with E-state index < -0.39 is 0 Å². The lowest BCUT2D eigenvalue weighted by molar-refractivity contribution is 0.0347. The van der Waals surface area contributed by atoms with Gasteiger partial charge in [0.25, 0.3) is 0 Å². The number of ether oxygens (including phenoxy) is 1. The van der Waals surface area contributed by atoms with Crippen LogP contribution in [0, 0.1) is 0 Å². The summed E-state index contributed by atoms with van der Waals surface area (Å²) >= 11 is 18.3. The molecule has 33 heavy (non-hydrogen) atoms. The van der Waals surface area contributed by atoms with E-state index in [4.69, 9.17) is 44.6 Å². The topological polar surface area (TPSA) is 53.8 Å². The van der Waals surface area contributed by atoms with Crippen LogP contribution in [0.1, 0.15) is 23.5 Å². The van der Waals surface area contributed by atoms with Crippen molar-refractivity contribution in [2.75, 3.05) is 39.4 Å². The Morgan fingerprint density at radius 2 is 1.91 bits per heavy atom. The quantitative estimate of drug-likeness (QED) is 0.478. The molecular weight excluding hydrogens is 479 g/mol. The van der Waals surface area contributed by atoms with Gasteiger partial charge in [0.15, 0.2) is 5.11 Å². The monoisotopic (exact) mass is 502 g/mol. The van der Waals surface area contributed by atoms with Crippen molar-refractivity contribution < 1.29 is 9.15 Å². The van der Waals surface area contributed by atoms with E-state index in [-0.39, 0.29) is 12.1 Å². The third kappa shape index (κ3) is 4.88. The van der Waals surface area contributed by atoms with Gasteiger partial charge in [-0.3, -0.25) is 9.88 Å². The molecule has 2 aromatic heterocycles. The minimum absolute atomic E-state index is 0.122. The molecule has 2 fully saturated rings. The van der Waals surface area contributed by atoms with Crippen LogP contribution in [0.15, 0.2) is 59.1 Å². The second-order valence-corrected chi connectivity index (χ2v) is 9.33. The van der Waals surface area contributed by atoms with Gasteiger partial charge < -0.3 is 19.4 Å². The van der Waals surface area contributed by atoms with Crippen LogP contribution >= 0.6 is 35.4 Å². The van der Waals surface area contributed by atoms with E-state index in [1.807, 2.05) is 42.5 Å². The number of hydrogen-bond donors (Lipinski definition) is 1. The van der Waals surface area contributed by atoms with Crippen LogP contribution in [-0.4, -0.2) is 59.3 Å². The maximum absolute atomic E-state index is 6.43. The number of rotatable bonds is 6. The van der Waals surface area contributed by atoms with E-state index in [0.29, 0.717) is 20.9 Å². The van der Waals surface area contributed by atoms with Crippen LogP contribution in [-0.2, 0) is 4.74 Å². The number of furan rings is 1. The lowest BCUT2D eigenvalue weighted by Gasteiger charge is -2.31. The Bertz CT molecular complexity index is 1120. The molecule has 2 aliphatic rings. The average Bonchev–Trinajstić information content (AvgIpc) is 3.43. The highest BCUT2D eigenvalue weighted by Gasteiger charge is 2.41.